The Morgan fingerprint density at radius 2 is 1.81 bits per heavy atom. The predicted octanol–water partition coefficient (Wildman–Crippen LogP) is 3.83. The fraction of sp³-hybridized carbons (Fsp3) is 0.647. The first-order chi connectivity index (χ1) is 10.1. The first-order valence-electron chi connectivity index (χ1n) is 7.77. The van der Waals surface area contributed by atoms with Gasteiger partial charge in [-0.1, -0.05) is 31.7 Å². The summed E-state index contributed by atoms with van der Waals surface area (Å²) in [6.45, 7) is 0. The van der Waals surface area contributed by atoms with Gasteiger partial charge in [-0.2, -0.15) is 0 Å². The van der Waals surface area contributed by atoms with Crippen molar-refractivity contribution < 1.29 is 13.5 Å². The zero-order valence-corrected chi connectivity index (χ0v) is 12.9. The maximum Gasteiger partial charge on any atom is 0.159 e. The summed E-state index contributed by atoms with van der Waals surface area (Å²) in [7, 11) is 3.68. The van der Waals surface area contributed by atoms with Crippen LogP contribution in [0, 0.1) is 11.6 Å². The van der Waals surface area contributed by atoms with E-state index in [9.17, 15) is 8.78 Å². The highest BCUT2D eigenvalue weighted by atomic mass is 19.2. The van der Waals surface area contributed by atoms with Crippen molar-refractivity contribution in [2.45, 2.75) is 56.6 Å². The average Bonchev–Trinajstić information content (AvgIpc) is 2.74. The lowest BCUT2D eigenvalue weighted by Crippen LogP contribution is -2.52. The van der Waals surface area contributed by atoms with Crippen LogP contribution in [0.4, 0.5) is 8.78 Å². The smallest absolute Gasteiger partial charge is 0.159 e. The Morgan fingerprint density at radius 3 is 2.33 bits per heavy atom. The lowest BCUT2D eigenvalue weighted by atomic mass is 9.82. The van der Waals surface area contributed by atoms with Gasteiger partial charge in [0.1, 0.15) is 0 Å². The number of methoxy groups -OCH3 is 1. The lowest BCUT2D eigenvalue weighted by Gasteiger charge is -2.39. The van der Waals surface area contributed by atoms with E-state index in [1.165, 1.54) is 25.0 Å². The van der Waals surface area contributed by atoms with Crippen LogP contribution in [0.1, 0.15) is 44.1 Å². The van der Waals surface area contributed by atoms with Gasteiger partial charge in [-0.3, -0.25) is 0 Å². The van der Waals surface area contributed by atoms with Crippen LogP contribution in [-0.4, -0.2) is 25.8 Å². The first-order valence-corrected chi connectivity index (χ1v) is 7.77. The van der Waals surface area contributed by atoms with Crippen LogP contribution < -0.4 is 5.32 Å². The van der Waals surface area contributed by atoms with Gasteiger partial charge in [0.2, 0.25) is 0 Å². The molecule has 0 radical (unpaired) electrons. The summed E-state index contributed by atoms with van der Waals surface area (Å²) in [5, 5.41) is 3.33. The largest absolute Gasteiger partial charge is 0.377 e. The van der Waals surface area contributed by atoms with Crippen LogP contribution >= 0.6 is 0 Å². The molecule has 0 saturated heterocycles. The highest BCUT2D eigenvalue weighted by molar-refractivity contribution is 5.20. The number of likely N-dealkylation sites (N-methyl/N-ethyl adjacent to an activating group) is 1. The Kier molecular flexibility index (Phi) is 5.71. The van der Waals surface area contributed by atoms with Crippen LogP contribution in [0.5, 0.6) is 0 Å². The van der Waals surface area contributed by atoms with E-state index in [1.54, 1.807) is 13.2 Å². The van der Waals surface area contributed by atoms with E-state index >= 15 is 0 Å². The minimum Gasteiger partial charge on any atom is -0.377 e. The van der Waals surface area contributed by atoms with Gasteiger partial charge in [0.25, 0.3) is 0 Å². The van der Waals surface area contributed by atoms with Crippen LogP contribution in [0.2, 0.25) is 0 Å². The summed E-state index contributed by atoms with van der Waals surface area (Å²) in [4.78, 5) is 0. The molecule has 0 spiro atoms. The Labute approximate surface area is 125 Å². The SMILES string of the molecule is CNC(Cc1ccc(F)c(F)c1)C1(OC)CCCCCC1. The van der Waals surface area contributed by atoms with Gasteiger partial charge in [-0.05, 0) is 44.0 Å². The fourth-order valence-corrected chi connectivity index (χ4v) is 3.48. The van der Waals surface area contributed by atoms with Crippen molar-refractivity contribution in [3.05, 3.63) is 35.4 Å². The molecule has 0 aliphatic heterocycles. The van der Waals surface area contributed by atoms with Crippen molar-refractivity contribution in [2.24, 2.45) is 0 Å². The number of halogens is 2. The maximum absolute atomic E-state index is 13.4. The van der Waals surface area contributed by atoms with Gasteiger partial charge < -0.3 is 10.1 Å². The molecular weight excluding hydrogens is 272 g/mol. The van der Waals surface area contributed by atoms with E-state index in [1.807, 2.05) is 7.05 Å². The average molecular weight is 297 g/mol. The molecule has 1 fully saturated rings. The van der Waals surface area contributed by atoms with E-state index in [0.717, 1.165) is 31.2 Å². The Hall–Kier alpha value is -1.00. The summed E-state index contributed by atoms with van der Waals surface area (Å²) in [5.74, 6) is -1.58. The molecule has 1 aliphatic rings. The van der Waals surface area contributed by atoms with Gasteiger partial charge in [-0.15, -0.1) is 0 Å². The van der Waals surface area contributed by atoms with Crippen molar-refractivity contribution in [3.63, 3.8) is 0 Å². The van der Waals surface area contributed by atoms with Crippen LogP contribution in [-0.2, 0) is 11.2 Å². The van der Waals surface area contributed by atoms with Crippen molar-refractivity contribution in [2.75, 3.05) is 14.2 Å². The Balaban J connectivity index is 2.18. The van der Waals surface area contributed by atoms with E-state index < -0.39 is 11.6 Å². The summed E-state index contributed by atoms with van der Waals surface area (Å²) in [6.07, 6.45) is 7.46. The number of benzene rings is 1. The molecule has 4 heteroatoms. The Morgan fingerprint density at radius 1 is 1.14 bits per heavy atom. The van der Waals surface area contributed by atoms with Gasteiger partial charge >= 0.3 is 0 Å². The third kappa shape index (κ3) is 3.80. The van der Waals surface area contributed by atoms with Gasteiger partial charge in [0, 0.05) is 13.2 Å². The maximum atomic E-state index is 13.4. The molecule has 1 saturated carbocycles. The van der Waals surface area contributed by atoms with Gasteiger partial charge in [-0.25, -0.2) is 8.78 Å². The molecule has 2 rings (SSSR count). The van der Waals surface area contributed by atoms with Crippen LogP contribution in [0.3, 0.4) is 0 Å². The molecule has 1 aromatic carbocycles. The summed E-state index contributed by atoms with van der Waals surface area (Å²) >= 11 is 0. The number of rotatable bonds is 5. The molecule has 21 heavy (non-hydrogen) atoms. The zero-order chi connectivity index (χ0) is 15.3. The second kappa shape index (κ2) is 7.32. The molecule has 1 N–H and O–H groups in total. The highest BCUT2D eigenvalue weighted by Gasteiger charge is 2.38. The van der Waals surface area contributed by atoms with Crippen molar-refractivity contribution in [1.29, 1.82) is 0 Å². The van der Waals surface area contributed by atoms with Crippen molar-refractivity contribution in [1.82, 2.24) is 5.32 Å². The predicted molar refractivity (Wildman–Crippen MR) is 80.4 cm³/mol. The summed E-state index contributed by atoms with van der Waals surface area (Å²) in [5.41, 5.74) is 0.588. The molecule has 1 aromatic rings. The third-order valence-electron chi connectivity index (χ3n) is 4.76. The normalized spacial score (nSPS) is 20.0. The van der Waals surface area contributed by atoms with E-state index in [0.29, 0.717) is 6.42 Å². The molecule has 0 heterocycles. The van der Waals surface area contributed by atoms with E-state index in [4.69, 9.17) is 4.74 Å². The van der Waals surface area contributed by atoms with Crippen LogP contribution in [0.15, 0.2) is 18.2 Å². The topological polar surface area (TPSA) is 21.3 Å². The summed E-state index contributed by atoms with van der Waals surface area (Å²) in [6, 6.07) is 4.25. The van der Waals surface area contributed by atoms with Crippen molar-refractivity contribution >= 4 is 0 Å². The van der Waals surface area contributed by atoms with Gasteiger partial charge in [0.15, 0.2) is 11.6 Å². The molecule has 0 bridgehead atoms. The number of ether oxygens (including phenoxy) is 1. The molecule has 0 amide bonds. The zero-order valence-electron chi connectivity index (χ0n) is 12.9. The second-order valence-electron chi connectivity index (χ2n) is 5.98. The fourth-order valence-electron chi connectivity index (χ4n) is 3.48. The third-order valence-corrected chi connectivity index (χ3v) is 4.76. The molecule has 2 nitrogen and oxygen atoms in total. The molecule has 1 atom stereocenters. The van der Waals surface area contributed by atoms with Gasteiger partial charge in [0.05, 0.1) is 5.60 Å². The first kappa shape index (κ1) is 16.4. The minimum atomic E-state index is -0.796. The van der Waals surface area contributed by atoms with E-state index in [-0.39, 0.29) is 11.6 Å². The standard InChI is InChI=1S/C17H25F2NO/c1-20-16(12-13-7-8-14(18)15(19)11-13)17(21-2)9-5-3-4-6-10-17/h7-8,11,16,20H,3-6,9-10,12H2,1-2H3. The quantitative estimate of drug-likeness (QED) is 0.834. The van der Waals surface area contributed by atoms with Crippen LogP contribution in [0.25, 0.3) is 0 Å². The molecule has 0 aromatic heterocycles. The number of hydrogen-bond acceptors (Lipinski definition) is 2. The molecule has 1 aliphatic carbocycles. The number of hydrogen-bond donors (Lipinski definition) is 1. The highest BCUT2D eigenvalue weighted by Crippen LogP contribution is 2.34. The summed E-state index contributed by atoms with van der Waals surface area (Å²) < 4.78 is 32.4. The lowest BCUT2D eigenvalue weighted by molar-refractivity contribution is -0.0509. The second-order valence-corrected chi connectivity index (χ2v) is 5.98. The molecular formula is C17H25F2NO. The van der Waals surface area contributed by atoms with E-state index in [2.05, 4.69) is 5.32 Å². The van der Waals surface area contributed by atoms with Crippen molar-refractivity contribution in [3.8, 4) is 0 Å². The Bertz CT molecular complexity index is 456. The number of nitrogens with one attached hydrogen (secondary N) is 1. The minimum absolute atomic E-state index is 0.102. The monoisotopic (exact) mass is 297 g/mol. The molecule has 118 valence electrons. The molecule has 1 unspecified atom stereocenters.